The molecule has 0 aliphatic rings. The van der Waals surface area contributed by atoms with Crippen molar-refractivity contribution in [3.05, 3.63) is 48.9 Å². The highest BCUT2D eigenvalue weighted by molar-refractivity contribution is 5.94. The molecule has 0 aliphatic carbocycles. The molecule has 3 aromatic rings. The molecule has 0 unspecified atom stereocenters. The van der Waals surface area contributed by atoms with Crippen molar-refractivity contribution in [3.63, 3.8) is 0 Å². The molecule has 1 N–H and O–H groups in total. The lowest BCUT2D eigenvalue weighted by molar-refractivity contribution is 0.253. The molecule has 0 aliphatic heterocycles. The summed E-state index contributed by atoms with van der Waals surface area (Å²) in [6, 6.07) is 6.91. The normalized spacial score (nSPS) is 10.4. The van der Waals surface area contributed by atoms with Gasteiger partial charge in [0, 0.05) is 19.3 Å². The van der Waals surface area contributed by atoms with E-state index in [4.69, 9.17) is 4.42 Å². The van der Waals surface area contributed by atoms with Gasteiger partial charge in [-0.1, -0.05) is 12.1 Å². The number of nitrogens with zero attached hydrogens (tertiary/aromatic N) is 4. The Hall–Kier alpha value is -2.96. The van der Waals surface area contributed by atoms with Crippen LogP contribution in [0.15, 0.2) is 47.4 Å². The zero-order valence-corrected chi connectivity index (χ0v) is 10.6. The van der Waals surface area contributed by atoms with Gasteiger partial charge < -0.3 is 9.73 Å². The van der Waals surface area contributed by atoms with Crippen LogP contribution in [0.25, 0.3) is 11.5 Å². The number of carbonyl (C=O) groups is 1. The average molecular weight is 269 g/mol. The number of hydrogen-bond acceptors (Lipinski definition) is 5. The maximum absolute atomic E-state index is 12.0. The van der Waals surface area contributed by atoms with Crippen LogP contribution in [0.1, 0.15) is 5.89 Å². The van der Waals surface area contributed by atoms with Gasteiger partial charge in [0.25, 0.3) is 0 Å². The number of hydrogen-bond donors (Lipinski definition) is 1. The van der Waals surface area contributed by atoms with Gasteiger partial charge in [0.2, 0.25) is 11.8 Å². The van der Waals surface area contributed by atoms with Gasteiger partial charge >= 0.3 is 6.03 Å². The third-order valence-corrected chi connectivity index (χ3v) is 2.66. The number of aryl methyl sites for hydroxylation is 1. The second kappa shape index (κ2) is 4.96. The van der Waals surface area contributed by atoms with Gasteiger partial charge in [-0.15, -0.1) is 10.2 Å². The highest BCUT2D eigenvalue weighted by atomic mass is 16.4. The molecular weight excluding hydrogens is 258 g/mol. The lowest BCUT2D eigenvalue weighted by atomic mass is 10.2. The third kappa shape index (κ3) is 2.28. The molecule has 0 saturated carbocycles. The zero-order chi connectivity index (χ0) is 13.9. The van der Waals surface area contributed by atoms with E-state index in [9.17, 15) is 4.79 Å². The summed E-state index contributed by atoms with van der Waals surface area (Å²) in [6.45, 7) is 1.71. The van der Waals surface area contributed by atoms with E-state index in [1.54, 1.807) is 25.3 Å². The lowest BCUT2D eigenvalue weighted by Gasteiger charge is -2.08. The minimum Gasteiger partial charge on any atom is -0.421 e. The predicted octanol–water partition coefficient (Wildman–Crippen LogP) is 2.32. The number of carbonyl (C=O) groups excluding carboxylic acids is 1. The first-order chi connectivity index (χ1) is 9.74. The number of rotatable bonds is 2. The van der Waals surface area contributed by atoms with Gasteiger partial charge in [-0.05, 0) is 12.1 Å². The van der Waals surface area contributed by atoms with Gasteiger partial charge in [-0.2, -0.15) is 0 Å². The van der Waals surface area contributed by atoms with Crippen LogP contribution in [0.4, 0.5) is 10.5 Å². The summed E-state index contributed by atoms with van der Waals surface area (Å²) >= 11 is 0. The van der Waals surface area contributed by atoms with Crippen LogP contribution in [0, 0.1) is 6.92 Å². The van der Waals surface area contributed by atoms with Crippen molar-refractivity contribution in [1.29, 1.82) is 0 Å². The number of imidazole rings is 1. The number of amides is 1. The molecule has 2 heterocycles. The van der Waals surface area contributed by atoms with Crippen molar-refractivity contribution < 1.29 is 9.21 Å². The maximum atomic E-state index is 12.0. The first-order valence-electron chi connectivity index (χ1n) is 5.93. The summed E-state index contributed by atoms with van der Waals surface area (Å²) in [5.41, 5.74) is 1.26. The average Bonchev–Trinajstić information content (AvgIpc) is 3.10. The van der Waals surface area contributed by atoms with Crippen molar-refractivity contribution in [1.82, 2.24) is 19.7 Å². The molecule has 7 heteroatoms. The second-order valence-corrected chi connectivity index (χ2v) is 4.07. The fraction of sp³-hybridized carbons (Fsp3) is 0.0769. The van der Waals surface area contributed by atoms with Gasteiger partial charge in [0.1, 0.15) is 6.33 Å². The van der Waals surface area contributed by atoms with Crippen LogP contribution < -0.4 is 5.32 Å². The minimum atomic E-state index is -0.314. The van der Waals surface area contributed by atoms with Crippen LogP contribution in [0.3, 0.4) is 0 Å². The second-order valence-electron chi connectivity index (χ2n) is 4.07. The third-order valence-electron chi connectivity index (χ3n) is 2.66. The minimum absolute atomic E-state index is 0.314. The number of para-hydroxylation sites is 1. The number of benzene rings is 1. The van der Waals surface area contributed by atoms with E-state index in [0.29, 0.717) is 23.0 Å². The quantitative estimate of drug-likeness (QED) is 0.771. The molecular formula is C13H11N5O2. The van der Waals surface area contributed by atoms with Crippen LogP contribution in [0.2, 0.25) is 0 Å². The fourth-order valence-electron chi connectivity index (χ4n) is 1.74. The molecule has 0 atom stereocenters. The fourth-order valence-corrected chi connectivity index (χ4v) is 1.74. The lowest BCUT2D eigenvalue weighted by Crippen LogP contribution is -2.18. The first-order valence-corrected chi connectivity index (χ1v) is 5.93. The molecule has 0 bridgehead atoms. The van der Waals surface area contributed by atoms with E-state index in [1.807, 2.05) is 12.1 Å². The molecule has 20 heavy (non-hydrogen) atoms. The van der Waals surface area contributed by atoms with Crippen LogP contribution in [-0.4, -0.2) is 25.8 Å². The van der Waals surface area contributed by atoms with E-state index in [2.05, 4.69) is 20.5 Å². The van der Waals surface area contributed by atoms with Crippen molar-refractivity contribution in [2.75, 3.05) is 5.32 Å². The van der Waals surface area contributed by atoms with Crippen LogP contribution in [-0.2, 0) is 0 Å². The zero-order valence-electron chi connectivity index (χ0n) is 10.6. The summed E-state index contributed by atoms with van der Waals surface area (Å²) < 4.78 is 6.73. The Morgan fingerprint density at radius 3 is 2.85 bits per heavy atom. The molecule has 1 aromatic carbocycles. The van der Waals surface area contributed by atoms with Crippen molar-refractivity contribution in [2.45, 2.75) is 6.92 Å². The van der Waals surface area contributed by atoms with E-state index in [0.717, 1.165) is 0 Å². The standard InChI is InChI=1S/C13H11N5O2/c1-9-16-17-12(20-9)10-4-2-3-5-11(10)15-13(19)18-7-6-14-8-18/h2-8H,1H3,(H,15,19). The number of anilines is 1. The molecule has 0 spiro atoms. The number of aromatic nitrogens is 4. The Morgan fingerprint density at radius 1 is 1.30 bits per heavy atom. The van der Waals surface area contributed by atoms with Crippen molar-refractivity contribution in [2.24, 2.45) is 0 Å². The Morgan fingerprint density at radius 2 is 2.15 bits per heavy atom. The molecule has 0 fully saturated rings. The van der Waals surface area contributed by atoms with Gasteiger partial charge in [-0.25, -0.2) is 9.78 Å². The Labute approximate surface area is 114 Å². The smallest absolute Gasteiger partial charge is 0.331 e. The maximum Gasteiger partial charge on any atom is 0.331 e. The molecule has 0 radical (unpaired) electrons. The van der Waals surface area contributed by atoms with E-state index < -0.39 is 0 Å². The Kier molecular flexibility index (Phi) is 3.00. The summed E-state index contributed by atoms with van der Waals surface area (Å²) in [5.74, 6) is 0.833. The molecule has 100 valence electrons. The SMILES string of the molecule is Cc1nnc(-c2ccccc2NC(=O)n2ccnc2)o1. The van der Waals surface area contributed by atoms with E-state index in [1.165, 1.54) is 17.1 Å². The van der Waals surface area contributed by atoms with Gasteiger partial charge in [-0.3, -0.25) is 4.57 Å². The summed E-state index contributed by atoms with van der Waals surface area (Å²) in [7, 11) is 0. The summed E-state index contributed by atoms with van der Waals surface area (Å²) in [4.78, 5) is 15.8. The molecule has 7 nitrogen and oxygen atoms in total. The summed E-state index contributed by atoms with van der Waals surface area (Å²) in [6.07, 6.45) is 4.52. The molecule has 0 saturated heterocycles. The van der Waals surface area contributed by atoms with Crippen molar-refractivity contribution >= 4 is 11.7 Å². The van der Waals surface area contributed by atoms with Crippen molar-refractivity contribution in [3.8, 4) is 11.5 Å². The summed E-state index contributed by atoms with van der Waals surface area (Å²) in [5, 5.41) is 10.5. The molecule has 1 amide bonds. The Balaban J connectivity index is 1.92. The highest BCUT2D eigenvalue weighted by Crippen LogP contribution is 2.26. The highest BCUT2D eigenvalue weighted by Gasteiger charge is 2.13. The number of nitrogens with one attached hydrogen (secondary N) is 1. The molecule has 3 rings (SSSR count). The van der Waals surface area contributed by atoms with Gasteiger partial charge in [0.15, 0.2) is 0 Å². The van der Waals surface area contributed by atoms with E-state index >= 15 is 0 Å². The monoisotopic (exact) mass is 269 g/mol. The topological polar surface area (TPSA) is 85.8 Å². The van der Waals surface area contributed by atoms with Gasteiger partial charge in [0.05, 0.1) is 11.3 Å². The van der Waals surface area contributed by atoms with Crippen LogP contribution >= 0.6 is 0 Å². The Bertz CT molecular complexity index is 733. The van der Waals surface area contributed by atoms with E-state index in [-0.39, 0.29) is 6.03 Å². The largest absolute Gasteiger partial charge is 0.421 e. The molecule has 2 aromatic heterocycles. The predicted molar refractivity (Wildman–Crippen MR) is 71.1 cm³/mol. The van der Waals surface area contributed by atoms with Crippen LogP contribution in [0.5, 0.6) is 0 Å². The first kappa shape index (κ1) is 12.1.